The van der Waals surface area contributed by atoms with Crippen molar-refractivity contribution in [2.75, 3.05) is 13.2 Å². The van der Waals surface area contributed by atoms with E-state index in [2.05, 4.69) is 0 Å². The Kier molecular flexibility index (Phi) is 11.0. The fourth-order valence-electron chi connectivity index (χ4n) is 4.21. The summed E-state index contributed by atoms with van der Waals surface area (Å²) < 4.78 is 35.1. The Morgan fingerprint density at radius 2 is 1.46 bits per heavy atom. The van der Waals surface area contributed by atoms with Crippen LogP contribution in [0.2, 0.25) is 13.1 Å². The quantitative estimate of drug-likeness (QED) is 0.245. The van der Waals surface area contributed by atoms with E-state index in [0.717, 1.165) is 5.56 Å². The molecule has 2 fully saturated rings. The second-order valence-corrected chi connectivity index (χ2v) is 13.1. The summed E-state index contributed by atoms with van der Waals surface area (Å²) in [6, 6.07) is 9.25. The highest BCUT2D eigenvalue weighted by molar-refractivity contribution is 6.48. The van der Waals surface area contributed by atoms with Gasteiger partial charge in [0.2, 0.25) is 0 Å². The number of aliphatic hydroxyl groups excluding tert-OH is 5. The van der Waals surface area contributed by atoms with Gasteiger partial charge in [0.25, 0.3) is 0 Å². The zero-order chi connectivity index (χ0) is 27.3. The van der Waals surface area contributed by atoms with Gasteiger partial charge in [0.1, 0.15) is 48.8 Å². The Morgan fingerprint density at radius 1 is 0.838 bits per heavy atom. The van der Waals surface area contributed by atoms with Gasteiger partial charge in [0, 0.05) is 0 Å². The number of aliphatic hydroxyl groups is 5. The van der Waals surface area contributed by atoms with Gasteiger partial charge in [-0.25, -0.2) is 0 Å². The summed E-state index contributed by atoms with van der Waals surface area (Å²) in [7, 11) is -1.74. The van der Waals surface area contributed by atoms with Crippen molar-refractivity contribution in [3.8, 4) is 0 Å². The summed E-state index contributed by atoms with van der Waals surface area (Å²) in [5.41, 5.74) is 0.327. The summed E-state index contributed by atoms with van der Waals surface area (Å²) in [6.45, 7) is 8.87. The molecule has 0 aromatic heterocycles. The molecular formula is C25H42O11Si. The van der Waals surface area contributed by atoms with Crippen molar-refractivity contribution in [2.45, 2.75) is 107 Å². The Bertz CT molecular complexity index is 806. The molecule has 5 N–H and O–H groups in total. The summed E-state index contributed by atoms with van der Waals surface area (Å²) in [6.07, 6.45) is -12.5. The average Bonchev–Trinajstić information content (AvgIpc) is 2.84. The molecule has 0 radical (unpaired) electrons. The minimum absolute atomic E-state index is 0.0292. The lowest BCUT2D eigenvalue weighted by Crippen LogP contribution is -2.65. The van der Waals surface area contributed by atoms with Crippen LogP contribution >= 0.6 is 0 Å². The van der Waals surface area contributed by atoms with Gasteiger partial charge in [-0.1, -0.05) is 30.3 Å². The van der Waals surface area contributed by atoms with Crippen LogP contribution in [0.15, 0.2) is 30.3 Å². The van der Waals surface area contributed by atoms with Crippen molar-refractivity contribution in [3.63, 3.8) is 0 Å². The summed E-state index contributed by atoms with van der Waals surface area (Å²) in [4.78, 5) is 0. The summed E-state index contributed by atoms with van der Waals surface area (Å²) in [5.74, 6) is 0. The van der Waals surface area contributed by atoms with Crippen LogP contribution in [0.5, 0.6) is 0 Å². The lowest BCUT2D eigenvalue weighted by molar-refractivity contribution is -0.359. The van der Waals surface area contributed by atoms with E-state index in [-0.39, 0.29) is 13.2 Å². The van der Waals surface area contributed by atoms with Crippen molar-refractivity contribution >= 4 is 9.04 Å². The van der Waals surface area contributed by atoms with Crippen LogP contribution in [0.4, 0.5) is 0 Å². The molecule has 2 aliphatic heterocycles. The fourth-order valence-corrected chi connectivity index (χ4v) is 5.13. The first kappa shape index (κ1) is 30.5. The van der Waals surface area contributed by atoms with Crippen LogP contribution in [0.25, 0.3) is 0 Å². The second kappa shape index (κ2) is 13.4. The van der Waals surface area contributed by atoms with Crippen molar-refractivity contribution in [2.24, 2.45) is 0 Å². The molecule has 2 aliphatic rings. The number of ether oxygens (including phenoxy) is 5. The van der Waals surface area contributed by atoms with E-state index < -0.39 is 82.7 Å². The van der Waals surface area contributed by atoms with Crippen LogP contribution in [0.3, 0.4) is 0 Å². The molecular weight excluding hydrogens is 504 g/mol. The molecule has 212 valence electrons. The molecule has 0 amide bonds. The minimum Gasteiger partial charge on any atom is -0.410 e. The molecule has 1 aromatic rings. The zero-order valence-electron chi connectivity index (χ0n) is 22.0. The topological polar surface area (TPSA) is 157 Å². The van der Waals surface area contributed by atoms with E-state index in [1.165, 1.54) is 0 Å². The van der Waals surface area contributed by atoms with Gasteiger partial charge in [-0.3, -0.25) is 0 Å². The summed E-state index contributed by atoms with van der Waals surface area (Å²) >= 11 is 0. The largest absolute Gasteiger partial charge is 0.410 e. The van der Waals surface area contributed by atoms with Crippen LogP contribution < -0.4 is 0 Å². The number of rotatable bonds is 10. The molecule has 12 heteroatoms. The molecule has 37 heavy (non-hydrogen) atoms. The minimum atomic E-state index is -1.74. The molecule has 1 aromatic carbocycles. The Balaban J connectivity index is 1.73. The third kappa shape index (κ3) is 8.24. The molecule has 2 saturated heterocycles. The van der Waals surface area contributed by atoms with E-state index in [0.29, 0.717) is 0 Å². The molecule has 0 aliphatic carbocycles. The first-order chi connectivity index (χ1) is 17.4. The van der Waals surface area contributed by atoms with Crippen LogP contribution in [-0.4, -0.2) is 115 Å². The van der Waals surface area contributed by atoms with E-state index in [1.54, 1.807) is 0 Å². The van der Waals surface area contributed by atoms with E-state index in [4.69, 9.17) is 28.1 Å². The van der Waals surface area contributed by atoms with Crippen LogP contribution in [0, 0.1) is 0 Å². The molecule has 2 heterocycles. The van der Waals surface area contributed by atoms with Crippen molar-refractivity contribution < 1.29 is 53.6 Å². The Morgan fingerprint density at radius 3 is 2.05 bits per heavy atom. The fraction of sp³-hybridized carbons (Fsp3) is 0.760. The van der Waals surface area contributed by atoms with Gasteiger partial charge in [0.05, 0.1) is 25.4 Å². The maximum absolute atomic E-state index is 10.9. The number of benzene rings is 1. The highest BCUT2D eigenvalue weighted by Crippen LogP contribution is 2.31. The lowest BCUT2D eigenvalue weighted by Gasteiger charge is -2.47. The molecule has 0 bridgehead atoms. The molecule has 0 spiro atoms. The van der Waals surface area contributed by atoms with Gasteiger partial charge in [0.15, 0.2) is 21.6 Å². The standard InChI is InChI=1S/C25H42O11Si/c1-25(2,3)32-13-16-17(27)18(28)22(36-37(4)5)24(34-16)35-21-15(11-26)33-23(20(30)19(21)29)31-12-14-9-7-6-8-10-14/h6-10,15-24,26-30,37H,11-13H2,1-5H3/t15-,16-,17+,18+,19-,20-,21-,22-,23-,24+/m1/s1. The van der Waals surface area contributed by atoms with E-state index in [1.807, 2.05) is 64.2 Å². The van der Waals surface area contributed by atoms with Gasteiger partial charge >= 0.3 is 0 Å². The van der Waals surface area contributed by atoms with E-state index in [9.17, 15) is 25.5 Å². The normalized spacial score (nSPS) is 37.2. The first-order valence-electron chi connectivity index (χ1n) is 12.7. The zero-order valence-corrected chi connectivity index (χ0v) is 23.2. The highest BCUT2D eigenvalue weighted by atomic mass is 28.3. The monoisotopic (exact) mass is 546 g/mol. The Labute approximate surface area is 219 Å². The number of hydrogen-bond acceptors (Lipinski definition) is 11. The summed E-state index contributed by atoms with van der Waals surface area (Å²) in [5, 5.41) is 53.2. The van der Waals surface area contributed by atoms with Crippen molar-refractivity contribution in [1.29, 1.82) is 0 Å². The third-order valence-electron chi connectivity index (χ3n) is 6.12. The second-order valence-electron chi connectivity index (χ2n) is 10.7. The molecule has 0 unspecified atom stereocenters. The molecule has 10 atom stereocenters. The lowest BCUT2D eigenvalue weighted by atomic mass is 9.97. The van der Waals surface area contributed by atoms with Gasteiger partial charge in [-0.15, -0.1) is 0 Å². The first-order valence-corrected chi connectivity index (χ1v) is 15.4. The van der Waals surface area contributed by atoms with Gasteiger partial charge in [-0.2, -0.15) is 0 Å². The molecule has 3 rings (SSSR count). The van der Waals surface area contributed by atoms with Crippen LogP contribution in [-0.2, 0) is 34.7 Å². The predicted octanol–water partition coefficient (Wildman–Crippen LogP) is -0.342. The molecule has 11 nitrogen and oxygen atoms in total. The maximum atomic E-state index is 10.9. The number of hydrogen-bond donors (Lipinski definition) is 5. The van der Waals surface area contributed by atoms with Crippen molar-refractivity contribution in [1.82, 2.24) is 0 Å². The molecule has 0 saturated carbocycles. The van der Waals surface area contributed by atoms with Crippen molar-refractivity contribution in [3.05, 3.63) is 35.9 Å². The highest BCUT2D eigenvalue weighted by Gasteiger charge is 2.51. The Hall–Kier alpha value is -1.00. The predicted molar refractivity (Wildman–Crippen MR) is 134 cm³/mol. The van der Waals surface area contributed by atoms with E-state index >= 15 is 0 Å². The van der Waals surface area contributed by atoms with Gasteiger partial charge < -0.3 is 53.6 Å². The SMILES string of the molecule is C[SiH](C)O[C@H]1[C@H](O[C@H]2[C@H](O)[C@@H](O)[C@H](OCc3ccccc3)O[C@@H]2CO)O[C@H](COC(C)(C)C)[C@H](O)[C@@H]1O. The third-order valence-corrected chi connectivity index (χ3v) is 6.98. The van der Waals surface area contributed by atoms with Crippen LogP contribution in [0.1, 0.15) is 26.3 Å². The maximum Gasteiger partial charge on any atom is 0.187 e. The smallest absolute Gasteiger partial charge is 0.187 e. The average molecular weight is 547 g/mol. The van der Waals surface area contributed by atoms with Gasteiger partial charge in [-0.05, 0) is 39.4 Å².